The van der Waals surface area contributed by atoms with Crippen LogP contribution in [0.4, 0.5) is 0 Å². The molecule has 96 valence electrons. The molecular formula is C11H23NO3S. The van der Waals surface area contributed by atoms with E-state index in [1.807, 2.05) is 6.92 Å². The number of aliphatic hydroxyl groups is 1. The van der Waals surface area contributed by atoms with Crippen molar-refractivity contribution in [1.29, 1.82) is 0 Å². The number of aliphatic hydroxyl groups excluding tert-OH is 1. The third kappa shape index (κ3) is 7.33. The Morgan fingerprint density at radius 1 is 1.56 bits per heavy atom. The normalized spacial score (nSPS) is 19.6. The van der Waals surface area contributed by atoms with Crippen molar-refractivity contribution in [1.82, 2.24) is 5.32 Å². The van der Waals surface area contributed by atoms with Gasteiger partial charge in [0.15, 0.2) is 0 Å². The molecule has 1 aliphatic rings. The van der Waals surface area contributed by atoms with Gasteiger partial charge < -0.3 is 15.2 Å². The summed E-state index contributed by atoms with van der Waals surface area (Å²) in [5, 5.41) is 12.6. The molecular weight excluding hydrogens is 226 g/mol. The van der Waals surface area contributed by atoms with Crippen LogP contribution in [0.1, 0.15) is 19.8 Å². The van der Waals surface area contributed by atoms with Crippen molar-refractivity contribution >= 4 is 10.8 Å². The van der Waals surface area contributed by atoms with Gasteiger partial charge in [-0.2, -0.15) is 0 Å². The molecule has 1 aliphatic carbocycles. The first kappa shape index (κ1) is 14.1. The Hall–Kier alpha value is 0.0300. The van der Waals surface area contributed by atoms with Crippen LogP contribution < -0.4 is 5.32 Å². The minimum atomic E-state index is -0.720. The molecule has 0 saturated heterocycles. The van der Waals surface area contributed by atoms with Crippen LogP contribution in [0.25, 0.3) is 0 Å². The van der Waals surface area contributed by atoms with Crippen LogP contribution in [0.3, 0.4) is 0 Å². The third-order valence-electron chi connectivity index (χ3n) is 2.57. The van der Waals surface area contributed by atoms with Gasteiger partial charge in [-0.05, 0) is 18.8 Å². The van der Waals surface area contributed by atoms with Crippen LogP contribution in [0.5, 0.6) is 0 Å². The average molecular weight is 249 g/mol. The van der Waals surface area contributed by atoms with Gasteiger partial charge in [0.05, 0.1) is 12.7 Å². The van der Waals surface area contributed by atoms with E-state index in [9.17, 15) is 9.32 Å². The Labute approximate surface area is 100 Å². The summed E-state index contributed by atoms with van der Waals surface area (Å²) < 4.78 is 16.5. The van der Waals surface area contributed by atoms with Crippen LogP contribution in [0, 0.1) is 5.92 Å². The molecule has 0 heterocycles. The first-order valence-corrected chi connectivity index (χ1v) is 7.52. The molecule has 0 radical (unpaired) electrons. The smallest absolute Gasteiger partial charge is 0.0897 e. The summed E-state index contributed by atoms with van der Waals surface area (Å²) in [5.41, 5.74) is 0. The van der Waals surface area contributed by atoms with Gasteiger partial charge in [-0.3, -0.25) is 4.21 Å². The highest BCUT2D eigenvalue weighted by molar-refractivity contribution is 7.84. The lowest BCUT2D eigenvalue weighted by atomic mass is 10.3. The molecule has 0 aromatic heterocycles. The molecule has 0 amide bonds. The van der Waals surface area contributed by atoms with E-state index in [-0.39, 0.29) is 0 Å². The number of ether oxygens (including phenoxy) is 1. The standard InChI is InChI=1S/C11H23NO3S/c1-2-16(14)6-5-12-7-11(13)9-15-8-10-3-4-10/h10-13H,2-9H2,1H3. The fraction of sp³-hybridized carbons (Fsp3) is 1.00. The van der Waals surface area contributed by atoms with E-state index in [1.54, 1.807) is 0 Å². The van der Waals surface area contributed by atoms with E-state index >= 15 is 0 Å². The van der Waals surface area contributed by atoms with Gasteiger partial charge in [0.25, 0.3) is 0 Å². The lowest BCUT2D eigenvalue weighted by Crippen LogP contribution is -2.33. The maximum Gasteiger partial charge on any atom is 0.0897 e. The zero-order valence-electron chi connectivity index (χ0n) is 9.98. The van der Waals surface area contributed by atoms with Crippen molar-refractivity contribution in [2.24, 2.45) is 5.92 Å². The van der Waals surface area contributed by atoms with Crippen molar-refractivity contribution in [3.05, 3.63) is 0 Å². The summed E-state index contributed by atoms with van der Waals surface area (Å²) in [6.45, 7) is 4.32. The van der Waals surface area contributed by atoms with Crippen molar-refractivity contribution in [2.45, 2.75) is 25.9 Å². The zero-order valence-corrected chi connectivity index (χ0v) is 10.8. The van der Waals surface area contributed by atoms with E-state index in [0.717, 1.165) is 12.5 Å². The summed E-state index contributed by atoms with van der Waals surface area (Å²) in [6.07, 6.45) is 2.10. The maximum absolute atomic E-state index is 11.1. The SMILES string of the molecule is CCS(=O)CCNCC(O)COCC1CC1. The van der Waals surface area contributed by atoms with E-state index in [0.29, 0.717) is 31.2 Å². The van der Waals surface area contributed by atoms with Gasteiger partial charge in [-0.1, -0.05) is 6.92 Å². The molecule has 0 aromatic rings. The van der Waals surface area contributed by atoms with E-state index in [4.69, 9.17) is 4.74 Å². The summed E-state index contributed by atoms with van der Waals surface area (Å²) in [5.74, 6) is 2.10. The summed E-state index contributed by atoms with van der Waals surface area (Å²) in [4.78, 5) is 0. The van der Waals surface area contributed by atoms with E-state index < -0.39 is 16.9 Å². The van der Waals surface area contributed by atoms with Gasteiger partial charge in [-0.25, -0.2) is 0 Å². The quantitative estimate of drug-likeness (QED) is 0.540. The molecule has 2 atom stereocenters. The highest BCUT2D eigenvalue weighted by Gasteiger charge is 2.21. The number of hydrogen-bond donors (Lipinski definition) is 2. The molecule has 16 heavy (non-hydrogen) atoms. The Morgan fingerprint density at radius 3 is 2.94 bits per heavy atom. The fourth-order valence-corrected chi connectivity index (χ4v) is 1.97. The lowest BCUT2D eigenvalue weighted by Gasteiger charge is -2.11. The van der Waals surface area contributed by atoms with Crippen LogP contribution in [-0.4, -0.2) is 53.2 Å². The van der Waals surface area contributed by atoms with Crippen molar-refractivity contribution < 1.29 is 14.1 Å². The second-order valence-corrected chi connectivity index (χ2v) is 6.14. The van der Waals surface area contributed by atoms with Gasteiger partial charge >= 0.3 is 0 Å². The van der Waals surface area contributed by atoms with Gasteiger partial charge in [0.1, 0.15) is 0 Å². The maximum atomic E-state index is 11.1. The molecule has 1 saturated carbocycles. The summed E-state index contributed by atoms with van der Waals surface area (Å²) >= 11 is 0. The van der Waals surface area contributed by atoms with Crippen molar-refractivity contribution in [2.75, 3.05) is 37.8 Å². The van der Waals surface area contributed by atoms with Crippen LogP contribution in [0.15, 0.2) is 0 Å². The number of rotatable bonds is 10. The molecule has 4 nitrogen and oxygen atoms in total. The number of nitrogens with one attached hydrogen (secondary N) is 1. The Bertz CT molecular complexity index is 209. The molecule has 1 fully saturated rings. The molecule has 2 unspecified atom stereocenters. The van der Waals surface area contributed by atoms with Crippen molar-refractivity contribution in [3.63, 3.8) is 0 Å². The summed E-state index contributed by atoms with van der Waals surface area (Å²) in [6, 6.07) is 0. The predicted octanol–water partition coefficient (Wildman–Crippen LogP) is 0.132. The Balaban J connectivity index is 1.84. The van der Waals surface area contributed by atoms with Crippen LogP contribution in [-0.2, 0) is 15.5 Å². The molecule has 1 rings (SSSR count). The third-order valence-corrected chi connectivity index (χ3v) is 3.87. The van der Waals surface area contributed by atoms with Gasteiger partial charge in [-0.15, -0.1) is 0 Å². The monoisotopic (exact) mass is 249 g/mol. The second kappa shape index (κ2) is 8.17. The molecule has 0 aromatic carbocycles. The first-order chi connectivity index (χ1) is 7.72. The number of hydrogen-bond acceptors (Lipinski definition) is 4. The van der Waals surface area contributed by atoms with Gasteiger partial charge in [0.2, 0.25) is 0 Å². The molecule has 0 bridgehead atoms. The van der Waals surface area contributed by atoms with E-state index in [2.05, 4.69) is 5.32 Å². The first-order valence-electron chi connectivity index (χ1n) is 6.04. The summed E-state index contributed by atoms with van der Waals surface area (Å²) in [7, 11) is -0.720. The molecule has 0 spiro atoms. The highest BCUT2D eigenvalue weighted by Crippen LogP contribution is 2.28. The predicted molar refractivity (Wildman–Crippen MR) is 66.0 cm³/mol. The lowest BCUT2D eigenvalue weighted by molar-refractivity contribution is 0.0328. The highest BCUT2D eigenvalue weighted by atomic mass is 32.2. The van der Waals surface area contributed by atoms with Crippen LogP contribution >= 0.6 is 0 Å². The Morgan fingerprint density at radius 2 is 2.31 bits per heavy atom. The van der Waals surface area contributed by atoms with Gasteiger partial charge in [0, 0.05) is 42.0 Å². The Kier molecular flexibility index (Phi) is 7.20. The second-order valence-electron chi connectivity index (χ2n) is 4.27. The van der Waals surface area contributed by atoms with E-state index in [1.165, 1.54) is 12.8 Å². The largest absolute Gasteiger partial charge is 0.389 e. The minimum absolute atomic E-state index is 0.403. The minimum Gasteiger partial charge on any atom is -0.389 e. The fourth-order valence-electron chi connectivity index (χ4n) is 1.31. The average Bonchev–Trinajstić information content (AvgIpc) is 3.08. The molecule has 0 aliphatic heterocycles. The zero-order chi connectivity index (χ0) is 11.8. The van der Waals surface area contributed by atoms with Crippen LogP contribution in [0.2, 0.25) is 0 Å². The molecule has 5 heteroatoms. The molecule has 2 N–H and O–H groups in total. The van der Waals surface area contributed by atoms with Crippen molar-refractivity contribution in [3.8, 4) is 0 Å². The topological polar surface area (TPSA) is 58.6 Å².